The van der Waals surface area contributed by atoms with Gasteiger partial charge in [0.05, 0.1) is 26.4 Å². The molecular weight excluding hydrogens is 457 g/mol. The van der Waals surface area contributed by atoms with Crippen molar-refractivity contribution in [1.29, 1.82) is 0 Å². The normalized spacial score (nSPS) is 11.6. The monoisotopic (exact) mass is 485 g/mol. The maximum atomic E-state index is 5.45. The lowest BCUT2D eigenvalue weighted by Crippen LogP contribution is -1.99. The number of benzene rings is 2. The Morgan fingerprint density at radius 1 is 1.00 bits per heavy atom. The van der Waals surface area contributed by atoms with Crippen LogP contribution >= 0.6 is 32.3 Å². The molecule has 2 aromatic carbocycles. The molecule has 0 saturated carbocycles. The van der Waals surface area contributed by atoms with Crippen LogP contribution in [0, 0.1) is 6.92 Å². The van der Waals surface area contributed by atoms with Gasteiger partial charge in [-0.05, 0) is 41.7 Å². The lowest BCUT2D eigenvalue weighted by molar-refractivity contribution is 0.324. The molecule has 0 aliphatic heterocycles. The number of rotatable bonds is 9. The number of hydrogen-bond donors (Lipinski definition) is 1. The van der Waals surface area contributed by atoms with Crippen molar-refractivity contribution >= 4 is 42.9 Å². The fourth-order valence-corrected chi connectivity index (χ4v) is 5.58. The summed E-state index contributed by atoms with van der Waals surface area (Å²) in [7, 11) is 7.61. The van der Waals surface area contributed by atoms with Crippen molar-refractivity contribution < 1.29 is 14.2 Å². The first-order valence-electron chi connectivity index (χ1n) is 9.92. The molecule has 0 amide bonds. The Kier molecular flexibility index (Phi) is 8.30. The zero-order valence-corrected chi connectivity index (χ0v) is 21.7. The van der Waals surface area contributed by atoms with Crippen LogP contribution in [0.15, 0.2) is 64.8 Å². The Morgan fingerprint density at radius 2 is 1.69 bits per heavy atom. The van der Waals surface area contributed by atoms with Gasteiger partial charge in [-0.15, -0.1) is 20.6 Å². The average Bonchev–Trinajstić information content (AvgIpc) is 3.26. The molecule has 1 aromatic heterocycles. The van der Waals surface area contributed by atoms with Crippen LogP contribution in [0.5, 0.6) is 17.2 Å². The molecule has 168 valence electrons. The molecule has 0 radical (unpaired) electrons. The Bertz CT molecular complexity index is 1120. The van der Waals surface area contributed by atoms with E-state index in [1.165, 1.54) is 21.6 Å². The van der Waals surface area contributed by atoms with Gasteiger partial charge in [-0.2, -0.15) is 0 Å². The van der Waals surface area contributed by atoms with E-state index < -0.39 is 0 Å². The molecule has 0 fully saturated rings. The van der Waals surface area contributed by atoms with Crippen LogP contribution < -0.4 is 19.5 Å². The summed E-state index contributed by atoms with van der Waals surface area (Å²) in [5, 5.41) is 7.51. The lowest BCUT2D eigenvalue weighted by Gasteiger charge is -2.16. The minimum absolute atomic E-state index is 0.558. The third-order valence-corrected chi connectivity index (χ3v) is 7.38. The topological polar surface area (TPSA) is 39.7 Å². The van der Waals surface area contributed by atoms with Crippen molar-refractivity contribution in [3.05, 3.63) is 75.2 Å². The van der Waals surface area contributed by atoms with Gasteiger partial charge in [0.25, 0.3) is 0 Å². The fourth-order valence-electron chi connectivity index (χ4n) is 3.22. The number of allylic oxidation sites excluding steroid dienone is 1. The summed E-state index contributed by atoms with van der Waals surface area (Å²) in [6.45, 7) is 8.43. The quantitative estimate of drug-likeness (QED) is 0.316. The summed E-state index contributed by atoms with van der Waals surface area (Å²) in [5.41, 5.74) is 4.52. The summed E-state index contributed by atoms with van der Waals surface area (Å²) in [4.78, 5) is 2.36. The van der Waals surface area contributed by atoms with E-state index in [1.54, 1.807) is 44.4 Å². The summed E-state index contributed by atoms with van der Waals surface area (Å²) in [6.07, 6.45) is 0. The molecule has 0 bridgehead atoms. The molecular formula is C25H28NO3PS2. The van der Waals surface area contributed by atoms with Crippen molar-refractivity contribution in [3.8, 4) is 28.4 Å². The highest BCUT2D eigenvalue weighted by atomic mass is 32.2. The summed E-state index contributed by atoms with van der Waals surface area (Å²) >= 11 is 3.33. The molecule has 0 spiro atoms. The summed E-state index contributed by atoms with van der Waals surface area (Å²) in [6, 6.07) is 14.5. The Morgan fingerprint density at radius 3 is 2.25 bits per heavy atom. The van der Waals surface area contributed by atoms with Gasteiger partial charge in [-0.25, -0.2) is 0 Å². The molecule has 0 aliphatic rings. The number of hydrogen-bond acceptors (Lipinski definition) is 6. The maximum absolute atomic E-state index is 5.45. The number of nitrogens with one attached hydrogen (secondary N) is 1. The first kappa shape index (κ1) is 24.2. The van der Waals surface area contributed by atoms with E-state index >= 15 is 0 Å². The summed E-state index contributed by atoms with van der Waals surface area (Å²) in [5.74, 6) is 1.74. The van der Waals surface area contributed by atoms with Crippen LogP contribution in [-0.2, 0) is 0 Å². The van der Waals surface area contributed by atoms with Gasteiger partial charge < -0.3 is 19.5 Å². The highest BCUT2D eigenvalue weighted by Gasteiger charge is 2.15. The molecule has 1 heterocycles. The van der Waals surface area contributed by atoms with Crippen molar-refractivity contribution in [2.75, 3.05) is 26.6 Å². The van der Waals surface area contributed by atoms with E-state index in [1.807, 2.05) is 12.1 Å². The number of thiophene rings is 1. The third kappa shape index (κ3) is 5.69. The maximum Gasteiger partial charge on any atom is 0.203 e. The van der Waals surface area contributed by atoms with Crippen LogP contribution in [0.25, 0.3) is 16.0 Å². The van der Waals surface area contributed by atoms with Crippen molar-refractivity contribution in [2.45, 2.75) is 13.8 Å². The second-order valence-electron chi connectivity index (χ2n) is 7.15. The van der Waals surface area contributed by atoms with Gasteiger partial charge in [0.1, 0.15) is 0 Å². The second-order valence-corrected chi connectivity index (χ2v) is 10.0. The van der Waals surface area contributed by atoms with Gasteiger partial charge >= 0.3 is 0 Å². The zero-order chi connectivity index (χ0) is 23.3. The van der Waals surface area contributed by atoms with E-state index in [0.717, 1.165) is 20.9 Å². The molecule has 32 heavy (non-hydrogen) atoms. The van der Waals surface area contributed by atoms with Gasteiger partial charge in [-0.1, -0.05) is 48.2 Å². The summed E-state index contributed by atoms with van der Waals surface area (Å²) < 4.78 is 16.3. The van der Waals surface area contributed by atoms with Crippen LogP contribution in [0.2, 0.25) is 0 Å². The number of thioether (sulfide) groups is 1. The SMILES string of the molecule is C=C(Nc1cc(OC)c(OC)c(OC)c1)S/C(=C(\C)P)c1cc(-c2cccc(C)c2)cs1. The van der Waals surface area contributed by atoms with Crippen molar-refractivity contribution in [2.24, 2.45) is 0 Å². The lowest BCUT2D eigenvalue weighted by atomic mass is 10.1. The molecule has 1 N–H and O–H groups in total. The molecule has 7 heteroatoms. The van der Waals surface area contributed by atoms with E-state index in [9.17, 15) is 0 Å². The molecule has 4 nitrogen and oxygen atoms in total. The van der Waals surface area contributed by atoms with Crippen LogP contribution in [-0.4, -0.2) is 21.3 Å². The Hall–Kier alpha value is -2.40. The van der Waals surface area contributed by atoms with E-state index in [-0.39, 0.29) is 0 Å². The number of methoxy groups -OCH3 is 3. The Balaban J connectivity index is 1.81. The van der Waals surface area contributed by atoms with Gasteiger partial charge in [0.15, 0.2) is 11.5 Å². The average molecular weight is 486 g/mol. The molecule has 1 unspecified atom stereocenters. The first-order valence-corrected chi connectivity index (χ1v) is 12.2. The Labute approximate surface area is 200 Å². The number of ether oxygens (including phenoxy) is 3. The fraction of sp³-hybridized carbons (Fsp3) is 0.200. The predicted octanol–water partition coefficient (Wildman–Crippen LogP) is 7.63. The number of aryl methyl sites for hydroxylation is 1. The molecule has 3 rings (SSSR count). The van der Waals surface area contributed by atoms with Crippen LogP contribution in [0.4, 0.5) is 5.69 Å². The van der Waals surface area contributed by atoms with Gasteiger partial charge in [-0.3, -0.25) is 0 Å². The van der Waals surface area contributed by atoms with Crippen molar-refractivity contribution in [3.63, 3.8) is 0 Å². The highest BCUT2D eigenvalue weighted by molar-refractivity contribution is 8.12. The largest absolute Gasteiger partial charge is 0.493 e. The molecule has 1 atom stereocenters. The zero-order valence-electron chi connectivity index (χ0n) is 18.9. The smallest absolute Gasteiger partial charge is 0.203 e. The minimum atomic E-state index is 0.558. The van der Waals surface area contributed by atoms with E-state index in [0.29, 0.717) is 17.2 Å². The van der Waals surface area contributed by atoms with E-state index in [4.69, 9.17) is 14.2 Å². The molecule has 0 saturated heterocycles. The standard InChI is InChI=1S/C25H28NO3PS2/c1-15-8-7-9-18(10-15)19-11-23(31-14-19)25(16(2)30)32-17(3)26-20-12-21(27-4)24(29-6)22(13-20)28-5/h7-14,26H,3,30H2,1-2,4-6H3/b25-16+. The second kappa shape index (κ2) is 11.0. The highest BCUT2D eigenvalue weighted by Crippen LogP contribution is 2.44. The molecule has 3 aromatic rings. The molecule has 0 aliphatic carbocycles. The third-order valence-electron chi connectivity index (χ3n) is 4.71. The van der Waals surface area contributed by atoms with Gasteiger partial charge in [0.2, 0.25) is 5.75 Å². The predicted molar refractivity (Wildman–Crippen MR) is 143 cm³/mol. The van der Waals surface area contributed by atoms with Crippen LogP contribution in [0.3, 0.4) is 0 Å². The van der Waals surface area contributed by atoms with E-state index in [2.05, 4.69) is 70.7 Å². The number of anilines is 1. The first-order chi connectivity index (χ1) is 15.4. The van der Waals surface area contributed by atoms with Crippen molar-refractivity contribution in [1.82, 2.24) is 0 Å². The van der Waals surface area contributed by atoms with Gasteiger partial charge in [0, 0.05) is 27.6 Å². The van der Waals surface area contributed by atoms with Crippen LogP contribution in [0.1, 0.15) is 17.4 Å². The minimum Gasteiger partial charge on any atom is -0.493 e.